The Kier molecular flexibility index (Phi) is 69.9. The van der Waals surface area contributed by atoms with E-state index in [1.807, 2.05) is 128 Å². The summed E-state index contributed by atoms with van der Waals surface area (Å²) in [5, 5.41) is 0. The van der Waals surface area contributed by atoms with Crippen LogP contribution in [0.1, 0.15) is 95.4 Å². The molecule has 0 atom stereocenters. The predicted molar refractivity (Wildman–Crippen MR) is 233 cm³/mol. The largest absolute Gasteiger partial charge is 0.388 e. The van der Waals surface area contributed by atoms with E-state index < -0.39 is 19.7 Å². The Morgan fingerprint density at radius 2 is 0.615 bits per heavy atom. The molecule has 0 aromatic heterocycles. The Balaban J connectivity index is -0.0000000944. The van der Waals surface area contributed by atoms with Crippen molar-refractivity contribution in [2.75, 3.05) is 40.4 Å². The summed E-state index contributed by atoms with van der Waals surface area (Å²) in [6, 6.07) is 40.9. The quantitative estimate of drug-likeness (QED) is 0.188. The van der Waals surface area contributed by atoms with Crippen molar-refractivity contribution in [2.24, 2.45) is 0 Å². The maximum absolute atomic E-state index is 12.0. The van der Waals surface area contributed by atoms with Gasteiger partial charge < -0.3 is 9.47 Å². The van der Waals surface area contributed by atoms with E-state index in [0.29, 0.717) is 9.79 Å². The summed E-state index contributed by atoms with van der Waals surface area (Å²) in [5.74, 6) is 0. The number of ether oxygens (including phenoxy) is 2. The van der Waals surface area contributed by atoms with Crippen molar-refractivity contribution in [3.05, 3.63) is 133 Å². The molecular formula is C44H78O6S2. The first kappa shape index (κ1) is 63.7. The highest BCUT2D eigenvalue weighted by atomic mass is 32.2. The Morgan fingerprint density at radius 3 is 0.750 bits per heavy atom. The van der Waals surface area contributed by atoms with Gasteiger partial charge in [-0.05, 0) is 30.7 Å². The van der Waals surface area contributed by atoms with E-state index in [9.17, 15) is 16.8 Å². The van der Waals surface area contributed by atoms with E-state index >= 15 is 0 Å². The second kappa shape index (κ2) is 57.1. The van der Waals surface area contributed by atoms with Gasteiger partial charge in [0.1, 0.15) is 9.84 Å². The van der Waals surface area contributed by atoms with Crippen LogP contribution in [-0.4, -0.2) is 57.3 Å². The lowest BCUT2D eigenvalue weighted by Gasteiger charge is -2.03. The summed E-state index contributed by atoms with van der Waals surface area (Å²) >= 11 is 0. The zero-order valence-corrected chi connectivity index (χ0v) is 37.4. The average molecular weight is 767 g/mol. The summed E-state index contributed by atoms with van der Waals surface area (Å²) in [7, 11) is -1.02. The summed E-state index contributed by atoms with van der Waals surface area (Å²) in [4.78, 5) is 0.660. The fourth-order valence-corrected chi connectivity index (χ4v) is 3.70. The second-order valence-electron chi connectivity index (χ2n) is 9.04. The summed E-state index contributed by atoms with van der Waals surface area (Å²) < 4.78 is 52.4. The molecule has 52 heavy (non-hydrogen) atoms. The normalized spacial score (nSPS) is 8.38. The first-order valence-corrected chi connectivity index (χ1v) is 22.1. The highest BCUT2D eigenvalue weighted by Crippen LogP contribution is 2.19. The zero-order chi connectivity index (χ0) is 42.0. The molecule has 0 aliphatic rings. The van der Waals surface area contributed by atoms with E-state index in [1.165, 1.54) is 19.3 Å². The van der Waals surface area contributed by atoms with Gasteiger partial charge in [0, 0.05) is 40.4 Å². The predicted octanol–water partition coefficient (Wildman–Crippen LogP) is 12.8. The Labute approximate surface area is 323 Å². The summed E-state index contributed by atoms with van der Waals surface area (Å²) in [6.07, 6.45) is 5.99. The number of unbranched alkanes of at least 4 members (excludes halogenated alkanes) is 1. The van der Waals surface area contributed by atoms with E-state index in [2.05, 4.69) is 25.5 Å². The van der Waals surface area contributed by atoms with Crippen LogP contribution in [0.15, 0.2) is 143 Å². The average Bonchev–Trinajstić information content (AvgIpc) is 3.20. The molecule has 0 bridgehead atoms. The zero-order valence-electron chi connectivity index (χ0n) is 35.8. The monoisotopic (exact) mass is 767 g/mol. The fourth-order valence-electron chi connectivity index (χ4n) is 2.39. The maximum Gasteiger partial charge on any atom is 0.206 e. The summed E-state index contributed by atoms with van der Waals surface area (Å²) in [6.45, 7) is 23.3. The topological polar surface area (TPSA) is 86.7 Å². The highest BCUT2D eigenvalue weighted by Gasteiger charge is 2.15. The highest BCUT2D eigenvalue weighted by molar-refractivity contribution is 7.91. The van der Waals surface area contributed by atoms with Crippen molar-refractivity contribution < 1.29 is 26.3 Å². The van der Waals surface area contributed by atoms with Crippen LogP contribution in [-0.2, 0) is 29.1 Å². The van der Waals surface area contributed by atoms with Gasteiger partial charge in [0.25, 0.3) is 0 Å². The molecule has 0 saturated carbocycles. The van der Waals surface area contributed by atoms with Crippen LogP contribution in [0.3, 0.4) is 0 Å². The minimum absolute atomic E-state index is 0.330. The molecule has 0 unspecified atom stereocenters. The fraction of sp³-hybridized carbons (Fsp3) is 0.455. The van der Waals surface area contributed by atoms with Crippen molar-refractivity contribution in [1.82, 2.24) is 0 Å². The van der Waals surface area contributed by atoms with Gasteiger partial charge in [-0.1, -0.05) is 198 Å². The minimum Gasteiger partial charge on any atom is -0.388 e. The molecule has 0 fully saturated rings. The van der Waals surface area contributed by atoms with Crippen molar-refractivity contribution in [2.45, 2.75) is 105 Å². The molecule has 0 amide bonds. The van der Waals surface area contributed by atoms with Gasteiger partial charge in [-0.2, -0.15) is 0 Å². The molecule has 0 N–H and O–H groups in total. The molecule has 4 aromatic rings. The van der Waals surface area contributed by atoms with Gasteiger partial charge in [0.15, 0.2) is 0 Å². The number of benzene rings is 4. The van der Waals surface area contributed by atoms with Gasteiger partial charge >= 0.3 is 0 Å². The third-order valence-corrected chi connectivity index (χ3v) is 5.93. The third-order valence-electron chi connectivity index (χ3n) is 4.14. The van der Waals surface area contributed by atoms with Gasteiger partial charge in [0.2, 0.25) is 9.84 Å². The lowest BCUT2D eigenvalue weighted by atomic mass is 10.4. The van der Waals surface area contributed by atoms with Crippen LogP contribution in [0.4, 0.5) is 0 Å². The van der Waals surface area contributed by atoms with Crippen LogP contribution in [0.2, 0.25) is 0 Å². The second-order valence-corrected chi connectivity index (χ2v) is 13.3. The van der Waals surface area contributed by atoms with Crippen LogP contribution in [0.25, 0.3) is 0 Å². The van der Waals surface area contributed by atoms with Crippen molar-refractivity contribution >= 4 is 19.7 Å². The smallest absolute Gasteiger partial charge is 0.206 e. The number of sulfone groups is 2. The van der Waals surface area contributed by atoms with Crippen molar-refractivity contribution in [1.29, 1.82) is 0 Å². The molecule has 8 heteroatoms. The summed E-state index contributed by atoms with van der Waals surface area (Å²) in [5.41, 5.74) is 0. The third kappa shape index (κ3) is 61.9. The van der Waals surface area contributed by atoms with Gasteiger partial charge in [0.05, 0.1) is 9.79 Å². The molecule has 0 aliphatic carbocycles. The molecule has 0 heterocycles. The molecule has 0 saturated heterocycles. The minimum atomic E-state index is -3.34. The van der Waals surface area contributed by atoms with Gasteiger partial charge in [-0.3, -0.25) is 0 Å². The Bertz CT molecular complexity index is 1140. The van der Waals surface area contributed by atoms with Gasteiger partial charge in [-0.25, -0.2) is 16.8 Å². The lowest BCUT2D eigenvalue weighted by Crippen LogP contribution is -2.00. The SMILES string of the molecule is CC.CC.CC.CC.CCC.CCCCOC.COC.CS(C)(=O)=O.O=S(=O)(c1ccccc1)c1ccccc1.c1ccccc1.c1ccccc1. The van der Waals surface area contributed by atoms with Crippen LogP contribution in [0.5, 0.6) is 0 Å². The number of rotatable bonds is 5. The van der Waals surface area contributed by atoms with E-state index in [1.54, 1.807) is 82.0 Å². The number of methoxy groups -OCH3 is 2. The lowest BCUT2D eigenvalue weighted by molar-refractivity contribution is 0.194. The first-order chi connectivity index (χ1) is 25.0. The standard InChI is InChI=1S/C12H10O2S.2C6H6.C5H12O.C3H8.C2H6O2S.C2H6O.4C2H6/c13-15(14,11-7-3-1-4-8-11)12-9-5-2-6-10-12;2*1-2-4-6-5-3-1;1-3-4-5-6-2;1-3-2;1-5(2,3)4;1-3-2;4*1-2/h1-10H;2*1-6H;3-5H2,1-2H3;3H2,1-2H3;1-2H3;1-2H3;4*1-2H3. The molecule has 302 valence electrons. The Morgan fingerprint density at radius 1 is 0.442 bits per heavy atom. The molecule has 0 radical (unpaired) electrons. The van der Waals surface area contributed by atoms with E-state index in [-0.39, 0.29) is 0 Å². The molecule has 0 aliphatic heterocycles. The van der Waals surface area contributed by atoms with Crippen molar-refractivity contribution in [3.8, 4) is 0 Å². The first-order valence-electron chi connectivity index (χ1n) is 18.3. The molecule has 4 rings (SSSR count). The van der Waals surface area contributed by atoms with Crippen LogP contribution >= 0.6 is 0 Å². The van der Waals surface area contributed by atoms with E-state index in [4.69, 9.17) is 4.74 Å². The molecular weight excluding hydrogens is 689 g/mol. The Hall–Kier alpha value is -3.30. The molecule has 4 aromatic carbocycles. The number of hydrogen-bond acceptors (Lipinski definition) is 6. The van der Waals surface area contributed by atoms with Crippen LogP contribution < -0.4 is 0 Å². The molecule has 0 spiro atoms. The van der Waals surface area contributed by atoms with Crippen molar-refractivity contribution in [3.63, 3.8) is 0 Å². The number of hydrogen-bond donors (Lipinski definition) is 0. The molecule has 6 nitrogen and oxygen atoms in total. The van der Waals surface area contributed by atoms with Crippen LogP contribution in [0, 0.1) is 0 Å². The van der Waals surface area contributed by atoms with E-state index in [0.717, 1.165) is 19.1 Å². The van der Waals surface area contributed by atoms with Gasteiger partial charge in [-0.15, -0.1) is 0 Å². The maximum atomic E-state index is 12.0.